The third-order valence-corrected chi connectivity index (χ3v) is 13.0. The Hall–Kier alpha value is 0.501. The molecule has 1 aliphatic carbocycles. The van der Waals surface area contributed by atoms with Crippen molar-refractivity contribution in [1.82, 2.24) is 0 Å². The fourth-order valence-electron chi connectivity index (χ4n) is 4.86. The molecule has 0 amide bonds. The molecule has 1 atom stereocenters. The molecule has 0 spiro atoms. The van der Waals surface area contributed by atoms with Crippen molar-refractivity contribution < 1.29 is 58.9 Å². The number of halogens is 3. The van der Waals surface area contributed by atoms with Crippen LogP contribution < -0.4 is 42.4 Å². The second-order valence-electron chi connectivity index (χ2n) is 8.77. The molecular weight excluding hydrogens is 459 g/mol. The summed E-state index contributed by atoms with van der Waals surface area (Å²) in [4.78, 5) is 0. The van der Waals surface area contributed by atoms with E-state index in [-0.39, 0.29) is 64.0 Å². The van der Waals surface area contributed by atoms with Gasteiger partial charge in [0.1, 0.15) is 0 Å². The van der Waals surface area contributed by atoms with Gasteiger partial charge in [-0.15, -0.1) is 6.92 Å². The van der Waals surface area contributed by atoms with Crippen LogP contribution in [0.3, 0.4) is 0 Å². The molecule has 156 valence electrons. The molecule has 1 aromatic rings. The van der Waals surface area contributed by atoms with Gasteiger partial charge in [-0.25, -0.2) is 5.57 Å². The van der Waals surface area contributed by atoms with E-state index in [2.05, 4.69) is 91.8 Å². The van der Waals surface area contributed by atoms with Crippen molar-refractivity contribution in [3.63, 3.8) is 0 Å². The van der Waals surface area contributed by atoms with Gasteiger partial charge in [-0.05, 0) is 11.8 Å². The van der Waals surface area contributed by atoms with Crippen LogP contribution in [0.2, 0.25) is 17.1 Å². The maximum atomic E-state index is 3.98. The van der Waals surface area contributed by atoms with E-state index >= 15 is 0 Å². The summed E-state index contributed by atoms with van der Waals surface area (Å²) in [5.41, 5.74) is 4.41. The third kappa shape index (κ3) is 6.25. The zero-order valence-electron chi connectivity index (χ0n) is 18.6. The number of allylic oxidation sites excluding steroid dienone is 4. The Morgan fingerprint density at radius 3 is 1.61 bits per heavy atom. The van der Waals surface area contributed by atoms with Gasteiger partial charge in [-0.3, -0.25) is 6.08 Å². The van der Waals surface area contributed by atoms with Gasteiger partial charge in [0.05, 0.1) is 8.07 Å². The summed E-state index contributed by atoms with van der Waals surface area (Å²) >= 11 is 0. The predicted octanol–water partition coefficient (Wildman–Crippen LogP) is -2.48. The van der Waals surface area contributed by atoms with E-state index in [4.69, 9.17) is 0 Å². The number of benzene rings is 1. The molecule has 0 nitrogen and oxygen atoms in total. The monoisotopic (exact) mass is 492 g/mol. The molecule has 0 fully saturated rings. The van der Waals surface area contributed by atoms with E-state index < -0.39 is 8.07 Å². The summed E-state index contributed by atoms with van der Waals surface area (Å²) in [7, 11) is -1.83. The molecule has 5 heteroatoms. The largest absolute Gasteiger partial charge is 4.00 e. The quantitative estimate of drug-likeness (QED) is 0.304. The van der Waals surface area contributed by atoms with Gasteiger partial charge >= 0.3 is 21.7 Å². The maximum absolute atomic E-state index is 3.98. The second-order valence-corrected chi connectivity index (χ2v) is 13.3. The molecule has 0 radical (unpaired) electrons. The first kappa shape index (κ1) is 33.1. The maximum Gasteiger partial charge on any atom is 4.00 e. The summed E-state index contributed by atoms with van der Waals surface area (Å²) in [5, 5.41) is 1.72. The normalized spacial score (nSPS) is 18.7. The van der Waals surface area contributed by atoms with Crippen molar-refractivity contribution in [2.45, 2.75) is 72.5 Å². The number of rotatable bonds is 6. The van der Waals surface area contributed by atoms with E-state index in [9.17, 15) is 0 Å². The van der Waals surface area contributed by atoms with Crippen LogP contribution in [0.25, 0.3) is 0 Å². The minimum Gasteiger partial charge on any atom is -1.00 e. The van der Waals surface area contributed by atoms with Gasteiger partial charge < -0.3 is 37.2 Å². The average Bonchev–Trinajstić information content (AvgIpc) is 2.71. The van der Waals surface area contributed by atoms with Crippen LogP contribution in [-0.4, -0.2) is 8.07 Å². The minimum absolute atomic E-state index is 0. The van der Waals surface area contributed by atoms with Crippen LogP contribution in [0.1, 0.15) is 55.4 Å². The molecule has 0 bridgehead atoms. The van der Waals surface area contributed by atoms with Gasteiger partial charge in [0, 0.05) is 0 Å². The molecule has 0 saturated heterocycles. The smallest absolute Gasteiger partial charge is 1.00 e. The van der Waals surface area contributed by atoms with Crippen LogP contribution >= 0.6 is 0 Å². The number of hydrogen-bond donors (Lipinski definition) is 0. The van der Waals surface area contributed by atoms with E-state index in [0.717, 1.165) is 0 Å². The van der Waals surface area contributed by atoms with E-state index in [0.29, 0.717) is 11.8 Å². The fourth-order valence-corrected chi connectivity index (χ4v) is 11.8. The first-order chi connectivity index (χ1) is 11.1. The van der Waals surface area contributed by atoms with Crippen molar-refractivity contribution in [2.75, 3.05) is 0 Å². The molecular formula is C23H35Cl3SiTi. The Kier molecular flexibility index (Phi) is 15.4. The molecule has 2 rings (SSSR count). The molecule has 0 N–H and O–H groups in total. The number of hydrogen-bond acceptors (Lipinski definition) is 0. The van der Waals surface area contributed by atoms with Gasteiger partial charge in [0.2, 0.25) is 0 Å². The van der Waals surface area contributed by atoms with Crippen molar-refractivity contribution in [3.05, 3.63) is 53.1 Å². The Bertz CT molecular complexity index is 643. The van der Waals surface area contributed by atoms with E-state index in [1.54, 1.807) is 10.8 Å². The third-order valence-electron chi connectivity index (χ3n) is 6.11. The van der Waals surface area contributed by atoms with Crippen molar-refractivity contribution >= 4 is 13.3 Å². The molecule has 0 aromatic heterocycles. The minimum atomic E-state index is -1.83. The molecule has 0 saturated carbocycles. The standard InChI is InChI=1S/C23H35Si.3ClH.Ti/c1-17(2)15-24(16-18(3)4,22-12-10-9-11-13-22)23(8)14-19(5)20(6)21(23)7;;;;/h9-13,17-18H,15-16H2,1-8H3;3*1H;/q-1;;;;+4/p-3. The van der Waals surface area contributed by atoms with Gasteiger partial charge in [-0.2, -0.15) is 11.1 Å². The SMILES string of the molecule is CC1=[C-]C(C)([Si](CC(C)C)(CC(C)C)c2ccccc2)C(C)=C1C.[Cl-].[Cl-].[Cl-].[Ti+4]. The zero-order valence-corrected chi connectivity index (χ0v) is 23.4. The fraction of sp³-hybridized carbons (Fsp3) is 0.565. The first-order valence-corrected chi connectivity index (χ1v) is 11.9. The summed E-state index contributed by atoms with van der Waals surface area (Å²) in [6.45, 7) is 19.0. The van der Waals surface area contributed by atoms with Crippen LogP contribution in [0.4, 0.5) is 0 Å². The van der Waals surface area contributed by atoms with Crippen molar-refractivity contribution in [1.29, 1.82) is 0 Å². The van der Waals surface area contributed by atoms with Crippen LogP contribution in [-0.2, 0) is 21.7 Å². The average molecular weight is 494 g/mol. The van der Waals surface area contributed by atoms with E-state index in [1.165, 1.54) is 23.2 Å². The predicted molar refractivity (Wildman–Crippen MR) is 110 cm³/mol. The topological polar surface area (TPSA) is 0 Å². The Morgan fingerprint density at radius 2 is 1.29 bits per heavy atom. The van der Waals surface area contributed by atoms with Crippen molar-refractivity contribution in [2.24, 2.45) is 11.8 Å². The summed E-state index contributed by atoms with van der Waals surface area (Å²) in [5.74, 6) is 1.42. The molecule has 0 aliphatic heterocycles. The Morgan fingerprint density at radius 1 is 0.857 bits per heavy atom. The molecule has 28 heavy (non-hydrogen) atoms. The molecule has 1 unspecified atom stereocenters. The molecule has 0 heterocycles. The summed E-state index contributed by atoms with van der Waals surface area (Å²) in [6, 6.07) is 14.1. The zero-order chi connectivity index (χ0) is 18.1. The Labute approximate surface area is 208 Å². The van der Waals surface area contributed by atoms with Gasteiger partial charge in [-0.1, -0.05) is 101 Å². The van der Waals surface area contributed by atoms with Crippen LogP contribution in [0.15, 0.2) is 47.1 Å². The first-order valence-electron chi connectivity index (χ1n) is 9.49. The summed E-state index contributed by atoms with van der Waals surface area (Å²) in [6.07, 6.45) is 3.98. The van der Waals surface area contributed by atoms with Gasteiger partial charge in [0.15, 0.2) is 0 Å². The van der Waals surface area contributed by atoms with Crippen LogP contribution in [0.5, 0.6) is 0 Å². The summed E-state index contributed by atoms with van der Waals surface area (Å²) < 4.78 is 0. The van der Waals surface area contributed by atoms with Crippen LogP contribution in [0, 0.1) is 17.9 Å². The Balaban J connectivity index is -0.00000156. The van der Waals surface area contributed by atoms with Gasteiger partial charge in [0.25, 0.3) is 0 Å². The van der Waals surface area contributed by atoms with E-state index in [1.807, 2.05) is 0 Å². The molecule has 1 aliphatic rings. The second kappa shape index (κ2) is 13.0. The molecule has 1 aromatic carbocycles. The van der Waals surface area contributed by atoms with Crippen molar-refractivity contribution in [3.8, 4) is 0 Å².